The van der Waals surface area contributed by atoms with E-state index in [-0.39, 0.29) is 19.6 Å². The van der Waals surface area contributed by atoms with Crippen molar-refractivity contribution >= 4 is 13.8 Å². The van der Waals surface area contributed by atoms with Crippen LogP contribution in [0.15, 0.2) is 36.5 Å². The number of quaternary nitrogens is 1. The molecule has 0 aliphatic rings. The van der Waals surface area contributed by atoms with Crippen molar-refractivity contribution in [2.45, 2.75) is 77.2 Å². The van der Waals surface area contributed by atoms with Gasteiger partial charge in [0.25, 0.3) is 7.82 Å². The van der Waals surface area contributed by atoms with Crippen molar-refractivity contribution in [3.8, 4) is 0 Å². The van der Waals surface area contributed by atoms with E-state index >= 15 is 0 Å². The molecule has 9 heteroatoms. The van der Waals surface area contributed by atoms with Gasteiger partial charge in [0.2, 0.25) is 0 Å². The zero-order chi connectivity index (χ0) is 26.4. The zero-order valence-electron chi connectivity index (χ0n) is 22.2. The molecule has 0 aromatic heterocycles. The maximum Gasteiger partial charge on any atom is 0.305 e. The maximum absolute atomic E-state index is 11.8. The molecule has 0 aliphatic carbocycles. The fraction of sp³-hybridized carbons (Fsp3) is 0.731. The molecule has 0 spiro atoms. The number of carbonyl (C=O) groups is 1. The molecular formula is C26H48NO7P. The average molecular weight is 518 g/mol. The van der Waals surface area contributed by atoms with Gasteiger partial charge in [0.05, 0.1) is 27.7 Å². The largest absolute Gasteiger partial charge is 0.756 e. The van der Waals surface area contributed by atoms with Gasteiger partial charge in [0.15, 0.2) is 0 Å². The van der Waals surface area contributed by atoms with Gasteiger partial charge < -0.3 is 28.3 Å². The van der Waals surface area contributed by atoms with Gasteiger partial charge in [-0.05, 0) is 44.9 Å². The number of unbranched alkanes of at least 4 members (excludes halogenated alkanes) is 5. The molecule has 0 fully saturated rings. The highest BCUT2D eigenvalue weighted by Crippen LogP contribution is 2.38. The Labute approximate surface area is 212 Å². The second-order valence-corrected chi connectivity index (χ2v) is 11.0. The summed E-state index contributed by atoms with van der Waals surface area (Å²) in [5.74, 6) is -0.428. The minimum absolute atomic E-state index is 0.0158. The van der Waals surface area contributed by atoms with Gasteiger partial charge in [-0.3, -0.25) is 9.36 Å². The first-order chi connectivity index (χ1) is 16.6. The highest BCUT2D eigenvalue weighted by molar-refractivity contribution is 7.45. The number of likely N-dealkylation sites (N-methyl/N-ethyl adjacent to an activating group) is 1. The van der Waals surface area contributed by atoms with E-state index in [9.17, 15) is 19.4 Å². The first-order valence-electron chi connectivity index (χ1n) is 12.7. The fourth-order valence-corrected chi connectivity index (χ4v) is 3.51. The molecule has 0 rings (SSSR count). The number of carbonyl (C=O) groups excluding carboxylic acids is 1. The summed E-state index contributed by atoms with van der Waals surface area (Å²) in [7, 11) is 1.22. The van der Waals surface area contributed by atoms with Gasteiger partial charge in [-0.25, -0.2) is 0 Å². The Hall–Kier alpha value is -1.28. The van der Waals surface area contributed by atoms with Gasteiger partial charge in [-0.1, -0.05) is 56.2 Å². The number of nitrogens with zero attached hydrogens (tertiary/aromatic N) is 1. The summed E-state index contributed by atoms with van der Waals surface area (Å²) in [4.78, 5) is 23.4. The van der Waals surface area contributed by atoms with Crippen molar-refractivity contribution in [1.82, 2.24) is 0 Å². The monoisotopic (exact) mass is 517 g/mol. The lowest BCUT2D eigenvalue weighted by Gasteiger charge is -2.27. The van der Waals surface area contributed by atoms with Gasteiger partial charge in [0, 0.05) is 6.42 Å². The first-order valence-corrected chi connectivity index (χ1v) is 14.2. The molecule has 35 heavy (non-hydrogen) atoms. The molecule has 2 atom stereocenters. The van der Waals surface area contributed by atoms with Crippen molar-refractivity contribution < 1.29 is 37.6 Å². The predicted octanol–water partition coefficient (Wildman–Crippen LogP) is 4.69. The smallest absolute Gasteiger partial charge is 0.305 e. The summed E-state index contributed by atoms with van der Waals surface area (Å²) in [5.41, 5.74) is 0. The van der Waals surface area contributed by atoms with Gasteiger partial charge >= 0.3 is 5.97 Å². The van der Waals surface area contributed by atoms with Crippen LogP contribution in [0.2, 0.25) is 0 Å². The van der Waals surface area contributed by atoms with E-state index in [1.165, 1.54) is 25.7 Å². The molecule has 0 aromatic rings. The van der Waals surface area contributed by atoms with E-state index in [2.05, 4.69) is 47.9 Å². The minimum Gasteiger partial charge on any atom is -0.756 e. The molecule has 204 valence electrons. The van der Waals surface area contributed by atoms with Crippen LogP contribution in [-0.4, -0.2) is 69.2 Å². The maximum atomic E-state index is 11.8. The number of aliphatic hydroxyl groups excluding tert-OH is 1. The van der Waals surface area contributed by atoms with Crippen molar-refractivity contribution in [2.24, 2.45) is 0 Å². The fourth-order valence-electron chi connectivity index (χ4n) is 2.77. The Kier molecular flexibility index (Phi) is 20.1. The quantitative estimate of drug-likeness (QED) is 0.0730. The van der Waals surface area contributed by atoms with Crippen LogP contribution in [0.1, 0.15) is 71.1 Å². The average Bonchev–Trinajstić information content (AvgIpc) is 2.78. The molecule has 0 aliphatic heterocycles. The lowest BCUT2D eigenvalue weighted by Crippen LogP contribution is -2.37. The summed E-state index contributed by atoms with van der Waals surface area (Å²) in [6.07, 6.45) is 21.4. The molecule has 1 N–H and O–H groups in total. The Morgan fingerprint density at radius 2 is 1.49 bits per heavy atom. The Bertz CT molecular complexity index is 671. The minimum atomic E-state index is -4.50. The first kappa shape index (κ1) is 33.7. The van der Waals surface area contributed by atoms with E-state index in [4.69, 9.17) is 9.26 Å². The Morgan fingerprint density at radius 3 is 2.06 bits per heavy atom. The molecule has 0 bridgehead atoms. The number of rotatable bonds is 22. The molecule has 0 aromatic carbocycles. The highest BCUT2D eigenvalue weighted by atomic mass is 31.2. The number of phosphoric acid groups is 1. The molecule has 8 nitrogen and oxygen atoms in total. The number of allylic oxidation sites excluding steroid dienone is 6. The van der Waals surface area contributed by atoms with Crippen LogP contribution < -0.4 is 4.89 Å². The zero-order valence-corrected chi connectivity index (χ0v) is 23.1. The second kappa shape index (κ2) is 20.9. The molecule has 0 saturated heterocycles. The standard InChI is InChI=1S/C26H48NO7P/c1-5-6-7-8-9-10-11-12-13-14-15-16-17-18-19-20-26(29)32-23-25(28)24-34-35(30,31)33-22-21-27(2,3)4/h9-10,12-13,15-16,25,28H,5-8,11,14,17-24H2,1-4H3. The molecule has 0 radical (unpaired) electrons. The third-order valence-corrected chi connectivity index (χ3v) is 5.86. The third-order valence-electron chi connectivity index (χ3n) is 4.89. The van der Waals surface area contributed by atoms with E-state index < -0.39 is 26.5 Å². The van der Waals surface area contributed by atoms with E-state index in [1.807, 2.05) is 21.1 Å². The number of phosphoric ester groups is 1. The summed E-state index contributed by atoms with van der Waals surface area (Å²) < 4.78 is 26.6. The molecule has 0 saturated carbocycles. The molecular weight excluding hydrogens is 469 g/mol. The van der Waals surface area contributed by atoms with Crippen molar-refractivity contribution in [2.75, 3.05) is 47.5 Å². The SMILES string of the molecule is CCCCCC=CCC=CCC=CCCCCC(=O)OCC(O)COP(=O)([O-])OCC[N+](C)(C)C. The molecule has 0 heterocycles. The highest BCUT2D eigenvalue weighted by Gasteiger charge is 2.16. The van der Waals surface area contributed by atoms with Crippen molar-refractivity contribution in [3.05, 3.63) is 36.5 Å². The van der Waals surface area contributed by atoms with Crippen LogP contribution in [0.25, 0.3) is 0 Å². The summed E-state index contributed by atoms with van der Waals surface area (Å²) in [5, 5.41) is 9.78. The number of hydrogen-bond donors (Lipinski definition) is 1. The predicted molar refractivity (Wildman–Crippen MR) is 139 cm³/mol. The Balaban J connectivity index is 3.73. The van der Waals surface area contributed by atoms with Gasteiger partial charge in [-0.2, -0.15) is 0 Å². The molecule has 0 amide bonds. The third kappa shape index (κ3) is 25.6. The molecule has 2 unspecified atom stereocenters. The number of hydrogen-bond acceptors (Lipinski definition) is 7. The number of aliphatic hydroxyl groups is 1. The van der Waals surface area contributed by atoms with Crippen molar-refractivity contribution in [3.63, 3.8) is 0 Å². The lowest BCUT2D eigenvalue weighted by atomic mass is 10.1. The summed E-state index contributed by atoms with van der Waals surface area (Å²) in [6, 6.07) is 0. The second-order valence-electron chi connectivity index (χ2n) is 9.55. The topological polar surface area (TPSA) is 105 Å². The lowest BCUT2D eigenvalue weighted by molar-refractivity contribution is -0.870. The summed E-state index contributed by atoms with van der Waals surface area (Å²) in [6.45, 7) is 1.84. The van der Waals surface area contributed by atoms with Crippen LogP contribution in [-0.2, 0) is 23.1 Å². The number of ether oxygens (including phenoxy) is 1. The van der Waals surface area contributed by atoms with Gasteiger partial charge in [0.1, 0.15) is 25.9 Å². The van der Waals surface area contributed by atoms with E-state index in [0.29, 0.717) is 17.4 Å². The van der Waals surface area contributed by atoms with Gasteiger partial charge in [-0.15, -0.1) is 0 Å². The van der Waals surface area contributed by atoms with Crippen LogP contribution in [0, 0.1) is 0 Å². The van der Waals surface area contributed by atoms with Crippen LogP contribution in [0.5, 0.6) is 0 Å². The van der Waals surface area contributed by atoms with E-state index in [0.717, 1.165) is 25.7 Å². The van der Waals surface area contributed by atoms with Crippen LogP contribution in [0.3, 0.4) is 0 Å². The normalized spacial score (nSPS) is 15.3. The Morgan fingerprint density at radius 1 is 0.914 bits per heavy atom. The number of esters is 1. The summed E-state index contributed by atoms with van der Waals surface area (Å²) >= 11 is 0. The van der Waals surface area contributed by atoms with Crippen molar-refractivity contribution in [1.29, 1.82) is 0 Å². The van der Waals surface area contributed by atoms with Crippen LogP contribution in [0.4, 0.5) is 0 Å². The van der Waals surface area contributed by atoms with Crippen LogP contribution >= 0.6 is 7.82 Å². The van der Waals surface area contributed by atoms with E-state index in [1.54, 1.807) is 0 Å².